The van der Waals surface area contributed by atoms with E-state index >= 15 is 0 Å². The van der Waals surface area contributed by atoms with Crippen molar-refractivity contribution in [3.63, 3.8) is 0 Å². The van der Waals surface area contributed by atoms with E-state index in [9.17, 15) is 22.8 Å². The Labute approximate surface area is 202 Å². The lowest BCUT2D eigenvalue weighted by atomic mass is 10.1. The first-order chi connectivity index (χ1) is 16.2. The summed E-state index contributed by atoms with van der Waals surface area (Å²) in [7, 11) is 0. The molecule has 34 heavy (non-hydrogen) atoms. The van der Waals surface area contributed by atoms with Gasteiger partial charge in [-0.1, -0.05) is 29.8 Å². The molecular formula is C25H30F3N3O2S. The van der Waals surface area contributed by atoms with Crippen molar-refractivity contribution in [2.45, 2.75) is 32.1 Å². The molecule has 0 aliphatic carbocycles. The van der Waals surface area contributed by atoms with Gasteiger partial charge in [-0.2, -0.15) is 24.9 Å². The van der Waals surface area contributed by atoms with E-state index in [1.54, 1.807) is 28.8 Å². The van der Waals surface area contributed by atoms with Gasteiger partial charge in [0.2, 0.25) is 5.91 Å². The van der Waals surface area contributed by atoms with Gasteiger partial charge >= 0.3 is 6.18 Å². The number of nitrogens with zero attached hydrogens (tertiary/aromatic N) is 2. The minimum absolute atomic E-state index is 0.0933. The zero-order valence-corrected chi connectivity index (χ0v) is 20.2. The number of alkyl halides is 3. The van der Waals surface area contributed by atoms with Crippen molar-refractivity contribution in [2.24, 2.45) is 0 Å². The molecule has 1 unspecified atom stereocenters. The number of hydrogen-bond donors (Lipinski definition) is 1. The van der Waals surface area contributed by atoms with Crippen molar-refractivity contribution in [3.8, 4) is 0 Å². The van der Waals surface area contributed by atoms with Crippen LogP contribution >= 0.6 is 11.8 Å². The molecule has 0 radical (unpaired) electrons. The number of piperazine rings is 1. The van der Waals surface area contributed by atoms with Crippen molar-refractivity contribution in [2.75, 3.05) is 38.2 Å². The Kier molecular flexibility index (Phi) is 9.02. The summed E-state index contributed by atoms with van der Waals surface area (Å²) in [6.45, 7) is 4.70. The third kappa shape index (κ3) is 7.24. The summed E-state index contributed by atoms with van der Waals surface area (Å²) in [5.41, 5.74) is 1.65. The normalized spacial score (nSPS) is 15.7. The van der Waals surface area contributed by atoms with Gasteiger partial charge in [0.05, 0.1) is 5.56 Å². The number of carbonyl (C=O) groups is 2. The Bertz CT molecular complexity index is 974. The van der Waals surface area contributed by atoms with Crippen molar-refractivity contribution in [3.05, 3.63) is 70.8 Å². The van der Waals surface area contributed by atoms with Crippen LogP contribution < -0.4 is 5.32 Å². The first-order valence-corrected chi connectivity index (χ1v) is 12.6. The fourth-order valence-electron chi connectivity index (χ4n) is 3.93. The number of hydrogen-bond acceptors (Lipinski definition) is 4. The molecule has 2 amide bonds. The van der Waals surface area contributed by atoms with Gasteiger partial charge in [-0.05, 0) is 55.2 Å². The molecule has 9 heteroatoms. The molecule has 3 rings (SSSR count). The van der Waals surface area contributed by atoms with E-state index in [0.29, 0.717) is 44.7 Å². The predicted molar refractivity (Wildman–Crippen MR) is 129 cm³/mol. The van der Waals surface area contributed by atoms with Crippen LogP contribution in [0.5, 0.6) is 0 Å². The van der Waals surface area contributed by atoms with Crippen LogP contribution in [0.15, 0.2) is 48.5 Å². The van der Waals surface area contributed by atoms with Gasteiger partial charge in [0.25, 0.3) is 5.91 Å². The number of carbonyl (C=O) groups excluding carboxylic acids is 2. The number of nitrogens with one attached hydrogen (secondary N) is 1. The number of aryl methyl sites for hydroxylation is 1. The SMILES string of the molecule is CSCCC(NC(=O)c1cccc(C)c1)C(=O)N1CCN(Cc2ccc(C(F)(F)F)cc2)CC1. The molecule has 0 saturated carbocycles. The Morgan fingerprint density at radius 1 is 1.06 bits per heavy atom. The van der Waals surface area contributed by atoms with Crippen molar-refractivity contribution < 1.29 is 22.8 Å². The second-order valence-corrected chi connectivity index (χ2v) is 9.46. The summed E-state index contributed by atoms with van der Waals surface area (Å²) in [6.07, 6.45) is -1.83. The number of thioether (sulfide) groups is 1. The highest BCUT2D eigenvalue weighted by Gasteiger charge is 2.31. The van der Waals surface area contributed by atoms with Gasteiger partial charge in [-0.3, -0.25) is 14.5 Å². The molecule has 1 aliphatic heterocycles. The van der Waals surface area contributed by atoms with Crippen LogP contribution in [0.1, 0.15) is 33.5 Å². The predicted octanol–water partition coefficient (Wildman–Crippen LogP) is 4.21. The van der Waals surface area contributed by atoms with Crippen LogP contribution in [-0.2, 0) is 17.5 Å². The number of benzene rings is 2. The molecule has 1 saturated heterocycles. The summed E-state index contributed by atoms with van der Waals surface area (Å²) in [5, 5.41) is 2.91. The number of amides is 2. The second-order valence-electron chi connectivity index (χ2n) is 8.47. The van der Waals surface area contributed by atoms with Gasteiger partial charge in [0.1, 0.15) is 6.04 Å². The van der Waals surface area contributed by atoms with E-state index in [1.807, 2.05) is 25.3 Å². The maximum Gasteiger partial charge on any atom is 0.416 e. The summed E-state index contributed by atoms with van der Waals surface area (Å²) in [4.78, 5) is 29.8. The zero-order valence-electron chi connectivity index (χ0n) is 19.4. The molecule has 1 heterocycles. The summed E-state index contributed by atoms with van der Waals surface area (Å²) in [6, 6.07) is 11.9. The van der Waals surface area contributed by atoms with Gasteiger partial charge < -0.3 is 10.2 Å². The average Bonchev–Trinajstić information content (AvgIpc) is 2.81. The number of rotatable bonds is 8. The fraction of sp³-hybridized carbons (Fsp3) is 0.440. The van der Waals surface area contributed by atoms with Crippen LogP contribution in [0.4, 0.5) is 13.2 Å². The van der Waals surface area contributed by atoms with Crippen LogP contribution in [-0.4, -0.2) is 65.8 Å². The van der Waals surface area contributed by atoms with E-state index in [4.69, 9.17) is 0 Å². The standard InChI is InChI=1S/C25H30F3N3O2S/c1-18-4-3-5-20(16-18)23(32)29-22(10-15-34-2)24(33)31-13-11-30(12-14-31)17-19-6-8-21(9-7-19)25(26,27)28/h3-9,16,22H,10-15,17H2,1-2H3,(H,29,32). The first kappa shape index (κ1) is 26.1. The third-order valence-electron chi connectivity index (χ3n) is 5.87. The molecule has 0 bridgehead atoms. The third-order valence-corrected chi connectivity index (χ3v) is 6.51. The zero-order chi connectivity index (χ0) is 24.7. The molecule has 2 aromatic carbocycles. The second kappa shape index (κ2) is 11.8. The fourth-order valence-corrected chi connectivity index (χ4v) is 4.40. The van der Waals surface area contributed by atoms with Gasteiger partial charge in [-0.25, -0.2) is 0 Å². The smallest absolute Gasteiger partial charge is 0.340 e. The van der Waals surface area contributed by atoms with Gasteiger partial charge in [-0.15, -0.1) is 0 Å². The molecule has 1 N–H and O–H groups in total. The molecule has 1 fully saturated rings. The first-order valence-electron chi connectivity index (χ1n) is 11.2. The molecule has 0 spiro atoms. The quantitative estimate of drug-likeness (QED) is 0.599. The lowest BCUT2D eigenvalue weighted by Gasteiger charge is -2.36. The Morgan fingerprint density at radius 3 is 2.32 bits per heavy atom. The highest BCUT2D eigenvalue weighted by Crippen LogP contribution is 2.29. The summed E-state index contributed by atoms with van der Waals surface area (Å²) in [5.74, 6) is 0.395. The minimum atomic E-state index is -4.34. The molecule has 2 aromatic rings. The van der Waals surface area contributed by atoms with Crippen molar-refractivity contribution in [1.29, 1.82) is 0 Å². The van der Waals surface area contributed by atoms with E-state index in [2.05, 4.69) is 10.2 Å². The lowest BCUT2D eigenvalue weighted by Crippen LogP contribution is -2.55. The minimum Gasteiger partial charge on any atom is -0.340 e. The average molecular weight is 494 g/mol. The van der Waals surface area contributed by atoms with Crippen molar-refractivity contribution in [1.82, 2.24) is 15.1 Å². The monoisotopic (exact) mass is 493 g/mol. The van der Waals surface area contributed by atoms with E-state index in [-0.39, 0.29) is 11.8 Å². The van der Waals surface area contributed by atoms with E-state index < -0.39 is 17.8 Å². The molecule has 1 atom stereocenters. The lowest BCUT2D eigenvalue weighted by molar-refractivity contribution is -0.137. The Balaban J connectivity index is 1.56. The molecule has 5 nitrogen and oxygen atoms in total. The van der Waals surface area contributed by atoms with Crippen LogP contribution in [0.25, 0.3) is 0 Å². The molecule has 184 valence electrons. The Hall–Kier alpha value is -2.52. The van der Waals surface area contributed by atoms with Crippen LogP contribution in [0.2, 0.25) is 0 Å². The van der Waals surface area contributed by atoms with Gasteiger partial charge in [0, 0.05) is 38.3 Å². The van der Waals surface area contributed by atoms with E-state index in [0.717, 1.165) is 29.0 Å². The largest absolute Gasteiger partial charge is 0.416 e. The van der Waals surface area contributed by atoms with E-state index in [1.165, 1.54) is 12.1 Å². The molecular weight excluding hydrogens is 463 g/mol. The summed E-state index contributed by atoms with van der Waals surface area (Å²) < 4.78 is 38.3. The van der Waals surface area contributed by atoms with Crippen LogP contribution in [0, 0.1) is 6.92 Å². The topological polar surface area (TPSA) is 52.7 Å². The van der Waals surface area contributed by atoms with Gasteiger partial charge in [0.15, 0.2) is 0 Å². The maximum atomic E-state index is 13.2. The van der Waals surface area contributed by atoms with Crippen molar-refractivity contribution >= 4 is 23.6 Å². The summed E-state index contributed by atoms with van der Waals surface area (Å²) >= 11 is 1.62. The highest BCUT2D eigenvalue weighted by atomic mass is 32.2. The maximum absolute atomic E-state index is 13.2. The Morgan fingerprint density at radius 2 is 1.74 bits per heavy atom. The molecule has 1 aliphatic rings. The van der Waals surface area contributed by atoms with Crippen LogP contribution in [0.3, 0.4) is 0 Å². The highest BCUT2D eigenvalue weighted by molar-refractivity contribution is 7.98. The number of halogens is 3. The molecule has 0 aromatic heterocycles.